The quantitative estimate of drug-likeness (QED) is 0.553. The number of rotatable bonds is 7. The van der Waals surface area contributed by atoms with Gasteiger partial charge in [0.1, 0.15) is 6.04 Å². The number of hydrogen-bond donors (Lipinski definition) is 3. The van der Waals surface area contributed by atoms with E-state index in [-0.39, 0.29) is 5.92 Å². The van der Waals surface area contributed by atoms with Crippen LogP contribution in [0.1, 0.15) is 20.3 Å². The molecule has 16 heavy (non-hydrogen) atoms. The second kappa shape index (κ2) is 7.19. The van der Waals surface area contributed by atoms with Crippen molar-refractivity contribution in [1.82, 2.24) is 5.32 Å². The van der Waals surface area contributed by atoms with Crippen molar-refractivity contribution in [3.63, 3.8) is 0 Å². The average molecular weight is 232 g/mol. The van der Waals surface area contributed by atoms with E-state index in [1.54, 1.807) is 13.8 Å². The van der Waals surface area contributed by atoms with Crippen LogP contribution in [-0.4, -0.2) is 42.8 Å². The zero-order valence-electron chi connectivity index (χ0n) is 9.90. The number of ether oxygens (including phenoxy) is 1. The highest BCUT2D eigenvalue weighted by Crippen LogP contribution is 2.02. The fourth-order valence-electron chi connectivity index (χ4n) is 1.15. The largest absolute Gasteiger partial charge is 0.480 e. The number of carboxylic acid groups (broad SMARTS) is 1. The predicted molar refractivity (Wildman–Crippen MR) is 58.9 cm³/mol. The molecule has 0 spiro atoms. The van der Waals surface area contributed by atoms with E-state index in [9.17, 15) is 9.59 Å². The van der Waals surface area contributed by atoms with Crippen LogP contribution in [0.4, 0.5) is 0 Å². The van der Waals surface area contributed by atoms with Gasteiger partial charge in [0.2, 0.25) is 5.91 Å². The Hall–Kier alpha value is -1.14. The third-order valence-electron chi connectivity index (χ3n) is 2.20. The number of aliphatic carboxylic acids is 1. The van der Waals surface area contributed by atoms with E-state index in [2.05, 4.69) is 5.32 Å². The SMILES string of the molecule is COCCC(N)C(=O)N[C@@H](C(=O)O)C(C)C. The molecule has 4 N–H and O–H groups in total. The first-order valence-electron chi connectivity index (χ1n) is 5.17. The van der Waals surface area contributed by atoms with Gasteiger partial charge in [-0.25, -0.2) is 4.79 Å². The summed E-state index contributed by atoms with van der Waals surface area (Å²) in [6.45, 7) is 3.81. The Kier molecular flexibility index (Phi) is 6.67. The first kappa shape index (κ1) is 14.9. The summed E-state index contributed by atoms with van der Waals surface area (Å²) in [6, 6.07) is -1.64. The van der Waals surface area contributed by atoms with Crippen LogP contribution in [0.2, 0.25) is 0 Å². The first-order valence-corrected chi connectivity index (χ1v) is 5.17. The molecule has 1 amide bonds. The summed E-state index contributed by atoms with van der Waals surface area (Å²) in [7, 11) is 1.51. The maximum absolute atomic E-state index is 11.5. The molecule has 0 fully saturated rings. The summed E-state index contributed by atoms with van der Waals surface area (Å²) < 4.78 is 4.79. The number of methoxy groups -OCH3 is 1. The van der Waals surface area contributed by atoms with Crippen molar-refractivity contribution in [2.24, 2.45) is 11.7 Å². The molecule has 0 aromatic carbocycles. The third-order valence-corrected chi connectivity index (χ3v) is 2.20. The van der Waals surface area contributed by atoms with Crippen LogP contribution in [0.3, 0.4) is 0 Å². The van der Waals surface area contributed by atoms with Crippen LogP contribution >= 0.6 is 0 Å². The number of nitrogens with two attached hydrogens (primary N) is 1. The Morgan fingerprint density at radius 2 is 2.00 bits per heavy atom. The molecule has 1 unspecified atom stereocenters. The van der Waals surface area contributed by atoms with Gasteiger partial charge in [-0.1, -0.05) is 13.8 Å². The fourth-order valence-corrected chi connectivity index (χ4v) is 1.15. The maximum Gasteiger partial charge on any atom is 0.326 e. The Labute approximate surface area is 95.1 Å². The van der Waals surface area contributed by atoms with Gasteiger partial charge in [-0.3, -0.25) is 4.79 Å². The van der Waals surface area contributed by atoms with Gasteiger partial charge in [0, 0.05) is 13.7 Å². The van der Waals surface area contributed by atoms with Crippen LogP contribution in [0.5, 0.6) is 0 Å². The van der Waals surface area contributed by atoms with Gasteiger partial charge in [0.15, 0.2) is 0 Å². The minimum Gasteiger partial charge on any atom is -0.480 e. The molecule has 6 nitrogen and oxygen atoms in total. The van der Waals surface area contributed by atoms with Crippen LogP contribution in [0.15, 0.2) is 0 Å². The molecule has 0 aliphatic heterocycles. The predicted octanol–water partition coefficient (Wildman–Crippen LogP) is -0.424. The van der Waals surface area contributed by atoms with E-state index >= 15 is 0 Å². The van der Waals surface area contributed by atoms with E-state index in [1.165, 1.54) is 7.11 Å². The molecule has 0 aliphatic carbocycles. The Morgan fingerprint density at radius 1 is 1.44 bits per heavy atom. The lowest BCUT2D eigenvalue weighted by Crippen LogP contribution is -2.50. The summed E-state index contributed by atoms with van der Waals surface area (Å²) in [6.07, 6.45) is 0.368. The van der Waals surface area contributed by atoms with E-state index in [0.717, 1.165) is 0 Å². The zero-order chi connectivity index (χ0) is 12.7. The molecule has 0 rings (SSSR count). The molecule has 0 aromatic heterocycles. The van der Waals surface area contributed by atoms with Crippen LogP contribution in [-0.2, 0) is 14.3 Å². The highest BCUT2D eigenvalue weighted by atomic mass is 16.5. The van der Waals surface area contributed by atoms with Gasteiger partial charge >= 0.3 is 5.97 Å². The first-order chi connectivity index (χ1) is 7.40. The van der Waals surface area contributed by atoms with Crippen molar-refractivity contribution in [3.8, 4) is 0 Å². The Morgan fingerprint density at radius 3 is 2.38 bits per heavy atom. The summed E-state index contributed by atoms with van der Waals surface area (Å²) in [4.78, 5) is 22.3. The lowest BCUT2D eigenvalue weighted by Gasteiger charge is -2.20. The van der Waals surface area contributed by atoms with E-state index in [0.29, 0.717) is 13.0 Å². The maximum atomic E-state index is 11.5. The molecular formula is C10H20N2O4. The summed E-state index contributed by atoms with van der Waals surface area (Å²) in [5, 5.41) is 11.3. The molecule has 6 heteroatoms. The van der Waals surface area contributed by atoms with Crippen LogP contribution in [0.25, 0.3) is 0 Å². The number of nitrogens with one attached hydrogen (secondary N) is 1. The van der Waals surface area contributed by atoms with E-state index in [1.807, 2.05) is 0 Å². The standard InChI is InChI=1S/C10H20N2O4/c1-6(2)8(10(14)15)12-9(13)7(11)4-5-16-3/h6-8H,4-5,11H2,1-3H3,(H,12,13)(H,14,15)/t7?,8-/m1/s1. The minimum absolute atomic E-state index is 0.184. The van der Waals surface area contributed by atoms with Gasteiger partial charge < -0.3 is 20.9 Å². The number of hydrogen-bond acceptors (Lipinski definition) is 4. The Bertz CT molecular complexity index is 243. The monoisotopic (exact) mass is 232 g/mol. The van der Waals surface area contributed by atoms with Crippen molar-refractivity contribution in [2.75, 3.05) is 13.7 Å². The van der Waals surface area contributed by atoms with Gasteiger partial charge in [-0.05, 0) is 12.3 Å². The second-order valence-electron chi connectivity index (χ2n) is 3.96. The summed E-state index contributed by atoms with van der Waals surface area (Å²) in [5.41, 5.74) is 5.57. The van der Waals surface area contributed by atoms with Gasteiger partial charge in [-0.2, -0.15) is 0 Å². The normalized spacial score (nSPS) is 14.6. The molecule has 0 saturated carbocycles. The molecule has 2 atom stereocenters. The molecular weight excluding hydrogens is 212 g/mol. The van der Waals surface area contributed by atoms with E-state index in [4.69, 9.17) is 15.6 Å². The molecule has 94 valence electrons. The molecule has 0 saturated heterocycles. The third kappa shape index (κ3) is 5.09. The molecule has 0 aromatic rings. The molecule has 0 radical (unpaired) electrons. The van der Waals surface area contributed by atoms with Crippen molar-refractivity contribution in [3.05, 3.63) is 0 Å². The molecule has 0 aliphatic rings. The molecule has 0 bridgehead atoms. The van der Waals surface area contributed by atoms with Crippen LogP contribution < -0.4 is 11.1 Å². The lowest BCUT2D eigenvalue weighted by molar-refractivity contribution is -0.143. The summed E-state index contributed by atoms with van der Waals surface area (Å²) in [5.74, 6) is -1.70. The topological polar surface area (TPSA) is 102 Å². The minimum atomic E-state index is -1.05. The zero-order valence-corrected chi connectivity index (χ0v) is 9.90. The number of carboxylic acids is 1. The van der Waals surface area contributed by atoms with Crippen molar-refractivity contribution >= 4 is 11.9 Å². The van der Waals surface area contributed by atoms with Gasteiger partial charge in [0.25, 0.3) is 0 Å². The highest BCUT2D eigenvalue weighted by Gasteiger charge is 2.25. The van der Waals surface area contributed by atoms with Crippen molar-refractivity contribution in [1.29, 1.82) is 0 Å². The lowest BCUT2D eigenvalue weighted by atomic mass is 10.0. The van der Waals surface area contributed by atoms with Crippen LogP contribution in [0, 0.1) is 5.92 Å². The van der Waals surface area contributed by atoms with Crippen molar-refractivity contribution < 1.29 is 19.4 Å². The fraction of sp³-hybridized carbons (Fsp3) is 0.800. The van der Waals surface area contributed by atoms with Crippen molar-refractivity contribution in [2.45, 2.75) is 32.4 Å². The molecule has 0 heterocycles. The summed E-state index contributed by atoms with van der Waals surface area (Å²) >= 11 is 0. The van der Waals surface area contributed by atoms with Gasteiger partial charge in [-0.15, -0.1) is 0 Å². The average Bonchev–Trinajstić information content (AvgIpc) is 2.20. The Balaban J connectivity index is 4.24. The smallest absolute Gasteiger partial charge is 0.326 e. The second-order valence-corrected chi connectivity index (χ2v) is 3.96. The van der Waals surface area contributed by atoms with Gasteiger partial charge in [0.05, 0.1) is 6.04 Å². The number of carbonyl (C=O) groups is 2. The number of carbonyl (C=O) groups excluding carboxylic acids is 1. The number of amides is 1. The highest BCUT2D eigenvalue weighted by molar-refractivity contribution is 5.86. The van der Waals surface area contributed by atoms with E-state index < -0.39 is 24.0 Å².